The zero-order chi connectivity index (χ0) is 25.6. The van der Waals surface area contributed by atoms with Gasteiger partial charge in [0.05, 0.1) is 9.85 Å². The quantitative estimate of drug-likeness (QED) is 0.256. The highest BCUT2D eigenvalue weighted by molar-refractivity contribution is 6.33. The number of nitrogens with one attached hydrogen (secondary N) is 1. The van der Waals surface area contributed by atoms with Crippen molar-refractivity contribution in [1.29, 1.82) is 0 Å². The molecule has 0 saturated carbocycles. The summed E-state index contributed by atoms with van der Waals surface area (Å²) in [7, 11) is 0. The molecule has 3 rings (SSSR count). The Morgan fingerprint density at radius 3 is 2.18 bits per heavy atom. The maximum atomic E-state index is 12.0. The molecule has 34 heavy (non-hydrogen) atoms. The number of rotatable bonds is 4. The molecule has 1 fully saturated rings. The minimum Gasteiger partial charge on any atom is -0.444 e. The van der Waals surface area contributed by atoms with Gasteiger partial charge < -0.3 is 15.0 Å². The molecule has 0 aliphatic carbocycles. The molecule has 0 bridgehead atoms. The molecule has 0 aromatic carbocycles. The minimum absolute atomic E-state index is 0.0473. The molecule has 1 N–H and O–H groups in total. The molecule has 184 valence electrons. The third kappa shape index (κ3) is 8.04. The van der Waals surface area contributed by atoms with E-state index in [1.54, 1.807) is 25.7 Å². The highest BCUT2D eigenvalue weighted by Crippen LogP contribution is 2.25. The van der Waals surface area contributed by atoms with Crippen molar-refractivity contribution < 1.29 is 19.4 Å². The maximum Gasteiger partial charge on any atom is 0.410 e. The van der Waals surface area contributed by atoms with Crippen molar-refractivity contribution in [3.63, 3.8) is 0 Å². The molecule has 1 unspecified atom stereocenters. The lowest BCUT2D eigenvalue weighted by Crippen LogP contribution is -2.36. The first-order chi connectivity index (χ1) is 15.8. The lowest BCUT2D eigenvalue weighted by molar-refractivity contribution is -0.385. The van der Waals surface area contributed by atoms with E-state index < -0.39 is 21.5 Å². The number of amides is 1. The van der Waals surface area contributed by atoms with Crippen LogP contribution in [0.3, 0.4) is 0 Å². The van der Waals surface area contributed by atoms with Crippen LogP contribution >= 0.6 is 34.8 Å². The van der Waals surface area contributed by atoms with Crippen LogP contribution in [-0.4, -0.2) is 65.5 Å². The first-order valence-corrected chi connectivity index (χ1v) is 10.6. The molecule has 3 heterocycles. The summed E-state index contributed by atoms with van der Waals surface area (Å²) in [5.74, 6) is 0.0473. The lowest BCUT2D eigenvalue weighted by Gasteiger charge is -2.24. The number of nitrogens with zero attached hydrogens (tertiary/aromatic N) is 7. The van der Waals surface area contributed by atoms with Crippen LogP contribution in [0.1, 0.15) is 27.2 Å². The molecular weight excluding hydrogens is 519 g/mol. The van der Waals surface area contributed by atoms with Gasteiger partial charge in [-0.05, 0) is 50.4 Å². The number of ether oxygens (including phenoxy) is 1. The summed E-state index contributed by atoms with van der Waals surface area (Å²) in [4.78, 5) is 47.6. The fourth-order valence-electron chi connectivity index (χ4n) is 2.61. The maximum absolute atomic E-state index is 12.0. The van der Waals surface area contributed by atoms with Crippen molar-refractivity contribution >= 4 is 58.1 Å². The van der Waals surface area contributed by atoms with Gasteiger partial charge in [-0.1, -0.05) is 11.6 Å². The molecule has 1 amide bonds. The van der Waals surface area contributed by atoms with Crippen LogP contribution in [0.4, 0.5) is 22.0 Å². The number of hydrogen-bond donors (Lipinski definition) is 1. The SMILES string of the molecule is CC(C)(C)OC(=O)N1CCC(Nc2nc(Cl)ncc2[N+](=O)[O-])C1.O=[N+]([O-])c1cnc(Cl)nc1Cl. The number of likely N-dealkylation sites (tertiary alicyclic amines) is 1. The summed E-state index contributed by atoms with van der Waals surface area (Å²) in [6.07, 6.45) is 2.23. The minimum atomic E-state index is -0.682. The highest BCUT2D eigenvalue weighted by Gasteiger charge is 2.31. The average Bonchev–Trinajstić information content (AvgIpc) is 3.15. The first kappa shape index (κ1) is 27.1. The Morgan fingerprint density at radius 1 is 1.09 bits per heavy atom. The Morgan fingerprint density at radius 2 is 1.65 bits per heavy atom. The Kier molecular flexibility index (Phi) is 9.06. The largest absolute Gasteiger partial charge is 0.444 e. The summed E-state index contributed by atoms with van der Waals surface area (Å²) < 4.78 is 5.31. The van der Waals surface area contributed by atoms with Crippen LogP contribution < -0.4 is 5.32 Å². The topological polar surface area (TPSA) is 179 Å². The number of hydrogen-bond acceptors (Lipinski definition) is 11. The lowest BCUT2D eigenvalue weighted by atomic mass is 10.2. The normalized spacial score (nSPS) is 15.2. The van der Waals surface area contributed by atoms with Gasteiger partial charge in [0.25, 0.3) is 0 Å². The second-order valence-corrected chi connectivity index (χ2v) is 8.79. The van der Waals surface area contributed by atoms with Crippen molar-refractivity contribution in [2.45, 2.75) is 38.8 Å². The molecule has 2 aromatic heterocycles. The second kappa shape index (κ2) is 11.4. The molecule has 1 aliphatic heterocycles. The predicted octanol–water partition coefficient (Wildman–Crippen LogP) is 4.15. The van der Waals surface area contributed by atoms with Crippen LogP contribution in [0.15, 0.2) is 12.4 Å². The first-order valence-electron chi connectivity index (χ1n) is 9.50. The van der Waals surface area contributed by atoms with E-state index >= 15 is 0 Å². The third-order valence-corrected chi connectivity index (χ3v) is 4.65. The summed E-state index contributed by atoms with van der Waals surface area (Å²) in [6, 6.07) is -0.174. The van der Waals surface area contributed by atoms with Gasteiger partial charge in [0.1, 0.15) is 18.0 Å². The van der Waals surface area contributed by atoms with E-state index in [2.05, 4.69) is 25.3 Å². The zero-order valence-corrected chi connectivity index (χ0v) is 20.3. The zero-order valence-electron chi connectivity index (χ0n) is 18.1. The fraction of sp³-hybridized carbons (Fsp3) is 0.471. The van der Waals surface area contributed by atoms with Crippen molar-refractivity contribution in [3.05, 3.63) is 48.3 Å². The standard InChI is InChI=1S/C13H18ClN5O4.C4HCl2N3O2/c1-13(2,3)23-12(20)18-5-4-8(7-18)16-10-9(19(21)22)6-15-11(14)17-10;5-3-2(9(10)11)1-7-4(6)8-3/h6,8H,4-5,7H2,1-3H3,(H,15,16,17);1H. The van der Waals surface area contributed by atoms with E-state index in [4.69, 9.17) is 39.5 Å². The predicted molar refractivity (Wildman–Crippen MR) is 122 cm³/mol. The molecule has 17 heteroatoms. The highest BCUT2D eigenvalue weighted by atomic mass is 35.5. The van der Waals surface area contributed by atoms with Crippen LogP contribution in [0.2, 0.25) is 15.7 Å². The van der Waals surface area contributed by atoms with Gasteiger partial charge in [-0.2, -0.15) is 9.97 Å². The van der Waals surface area contributed by atoms with Gasteiger partial charge in [0, 0.05) is 19.1 Å². The molecular formula is C17H19Cl3N8O6. The van der Waals surface area contributed by atoms with Gasteiger partial charge in [0.15, 0.2) is 0 Å². The van der Waals surface area contributed by atoms with E-state index in [0.29, 0.717) is 19.5 Å². The van der Waals surface area contributed by atoms with Crippen LogP contribution in [0.25, 0.3) is 0 Å². The van der Waals surface area contributed by atoms with E-state index in [-0.39, 0.29) is 39.0 Å². The van der Waals surface area contributed by atoms with Crippen molar-refractivity contribution in [2.24, 2.45) is 0 Å². The molecule has 0 spiro atoms. The number of anilines is 1. The molecule has 14 nitrogen and oxygen atoms in total. The van der Waals surface area contributed by atoms with E-state index in [1.807, 2.05) is 0 Å². The second-order valence-electron chi connectivity index (χ2n) is 7.76. The van der Waals surface area contributed by atoms with Gasteiger partial charge in [-0.15, -0.1) is 0 Å². The van der Waals surface area contributed by atoms with Crippen LogP contribution in [0.5, 0.6) is 0 Å². The van der Waals surface area contributed by atoms with Gasteiger partial charge in [0.2, 0.25) is 21.5 Å². The van der Waals surface area contributed by atoms with Gasteiger partial charge >= 0.3 is 17.5 Å². The third-order valence-electron chi connectivity index (χ3n) is 4.01. The monoisotopic (exact) mass is 536 g/mol. The van der Waals surface area contributed by atoms with E-state index in [0.717, 1.165) is 12.4 Å². The summed E-state index contributed by atoms with van der Waals surface area (Å²) >= 11 is 16.3. The number of nitro groups is 2. The Bertz CT molecular complexity index is 1080. The van der Waals surface area contributed by atoms with Gasteiger partial charge in [-0.25, -0.2) is 14.8 Å². The molecule has 0 radical (unpaired) electrons. The summed E-state index contributed by atoms with van der Waals surface area (Å²) in [6.45, 7) is 6.25. The molecule has 1 aliphatic rings. The molecule has 1 saturated heterocycles. The van der Waals surface area contributed by atoms with E-state index in [1.165, 1.54) is 0 Å². The van der Waals surface area contributed by atoms with Crippen LogP contribution in [0, 0.1) is 20.2 Å². The number of aromatic nitrogens is 4. The Balaban J connectivity index is 0.000000310. The van der Waals surface area contributed by atoms with Crippen molar-refractivity contribution in [2.75, 3.05) is 18.4 Å². The average molecular weight is 538 g/mol. The number of carbonyl (C=O) groups is 1. The fourth-order valence-corrected chi connectivity index (χ4v) is 3.12. The van der Waals surface area contributed by atoms with Gasteiger partial charge in [-0.3, -0.25) is 20.2 Å². The van der Waals surface area contributed by atoms with Crippen molar-refractivity contribution in [1.82, 2.24) is 24.8 Å². The Hall–Kier alpha value is -3.10. The number of halogens is 3. The Labute approximate surface area is 207 Å². The molecule has 1 atom stereocenters. The number of carbonyl (C=O) groups excluding carboxylic acids is 1. The summed E-state index contributed by atoms with van der Waals surface area (Å²) in [5.41, 5.74) is -1.18. The smallest absolute Gasteiger partial charge is 0.410 e. The molecule has 2 aromatic rings. The van der Waals surface area contributed by atoms with E-state index in [9.17, 15) is 25.0 Å². The van der Waals surface area contributed by atoms with Crippen LogP contribution in [-0.2, 0) is 4.74 Å². The van der Waals surface area contributed by atoms with Crippen molar-refractivity contribution in [3.8, 4) is 0 Å². The summed E-state index contributed by atoms with van der Waals surface area (Å²) in [5, 5.41) is 23.6.